The van der Waals surface area contributed by atoms with E-state index in [0.29, 0.717) is 37.2 Å². The quantitative estimate of drug-likeness (QED) is 0.798. The SMILES string of the molecule is O=C(COC1CCCC1)Nc1ccc(C(=O)N2CCC(C(=O)O)CC2)cc1. The molecule has 2 N–H and O–H groups in total. The molecule has 0 aromatic heterocycles. The molecule has 1 aliphatic carbocycles. The third kappa shape index (κ3) is 5.29. The van der Waals surface area contributed by atoms with Gasteiger partial charge in [0.2, 0.25) is 5.91 Å². The lowest BCUT2D eigenvalue weighted by atomic mass is 9.96. The summed E-state index contributed by atoms with van der Waals surface area (Å²) in [6, 6.07) is 6.76. The van der Waals surface area contributed by atoms with Gasteiger partial charge in [-0.3, -0.25) is 14.4 Å². The smallest absolute Gasteiger partial charge is 0.306 e. The van der Waals surface area contributed by atoms with Gasteiger partial charge in [0.1, 0.15) is 6.61 Å². The summed E-state index contributed by atoms with van der Waals surface area (Å²) in [5.41, 5.74) is 1.15. The maximum absolute atomic E-state index is 12.5. The molecule has 7 heteroatoms. The van der Waals surface area contributed by atoms with Gasteiger partial charge in [-0.25, -0.2) is 0 Å². The Morgan fingerprint density at radius 1 is 1.04 bits per heavy atom. The number of nitrogens with one attached hydrogen (secondary N) is 1. The summed E-state index contributed by atoms with van der Waals surface area (Å²) >= 11 is 0. The Labute approximate surface area is 158 Å². The molecule has 1 aliphatic heterocycles. The van der Waals surface area contributed by atoms with Crippen LogP contribution < -0.4 is 5.32 Å². The zero-order chi connectivity index (χ0) is 19.2. The number of amides is 2. The molecular weight excluding hydrogens is 348 g/mol. The normalized spacial score (nSPS) is 18.4. The summed E-state index contributed by atoms with van der Waals surface area (Å²) in [7, 11) is 0. The summed E-state index contributed by atoms with van der Waals surface area (Å²) < 4.78 is 5.59. The number of likely N-dealkylation sites (tertiary alicyclic amines) is 1. The Morgan fingerprint density at radius 2 is 1.67 bits per heavy atom. The van der Waals surface area contributed by atoms with Crippen molar-refractivity contribution in [1.82, 2.24) is 4.90 Å². The second-order valence-corrected chi connectivity index (χ2v) is 7.25. The lowest BCUT2D eigenvalue weighted by Crippen LogP contribution is -2.40. The van der Waals surface area contributed by atoms with E-state index < -0.39 is 5.97 Å². The first-order chi connectivity index (χ1) is 13.0. The Hall–Kier alpha value is -2.41. The van der Waals surface area contributed by atoms with E-state index in [-0.39, 0.29) is 30.4 Å². The first-order valence-corrected chi connectivity index (χ1v) is 9.56. The van der Waals surface area contributed by atoms with Gasteiger partial charge < -0.3 is 20.1 Å². The highest BCUT2D eigenvalue weighted by molar-refractivity contribution is 5.96. The van der Waals surface area contributed by atoms with Crippen LogP contribution in [0.25, 0.3) is 0 Å². The number of carboxylic acid groups (broad SMARTS) is 1. The molecule has 1 saturated carbocycles. The average Bonchev–Trinajstić information content (AvgIpc) is 3.20. The molecule has 0 radical (unpaired) electrons. The van der Waals surface area contributed by atoms with Crippen LogP contribution in [0.1, 0.15) is 48.9 Å². The zero-order valence-corrected chi connectivity index (χ0v) is 15.4. The van der Waals surface area contributed by atoms with Gasteiger partial charge in [-0.15, -0.1) is 0 Å². The van der Waals surface area contributed by atoms with Crippen LogP contribution in [0.3, 0.4) is 0 Å². The van der Waals surface area contributed by atoms with E-state index in [1.54, 1.807) is 29.2 Å². The maximum atomic E-state index is 12.5. The van der Waals surface area contributed by atoms with Crippen molar-refractivity contribution in [2.24, 2.45) is 5.92 Å². The number of ether oxygens (including phenoxy) is 1. The van der Waals surface area contributed by atoms with E-state index in [1.807, 2.05) is 0 Å². The summed E-state index contributed by atoms with van der Waals surface area (Å²) in [5.74, 6) is -1.46. The van der Waals surface area contributed by atoms with Crippen molar-refractivity contribution < 1.29 is 24.2 Å². The van der Waals surface area contributed by atoms with Crippen molar-refractivity contribution in [1.29, 1.82) is 0 Å². The summed E-state index contributed by atoms with van der Waals surface area (Å²) in [4.78, 5) is 37.2. The van der Waals surface area contributed by atoms with E-state index in [2.05, 4.69) is 5.32 Å². The molecule has 2 amide bonds. The minimum absolute atomic E-state index is 0.0455. The van der Waals surface area contributed by atoms with Gasteiger partial charge >= 0.3 is 5.97 Å². The van der Waals surface area contributed by atoms with Gasteiger partial charge in [-0.1, -0.05) is 12.8 Å². The maximum Gasteiger partial charge on any atom is 0.306 e. The van der Waals surface area contributed by atoms with E-state index in [0.717, 1.165) is 25.7 Å². The highest BCUT2D eigenvalue weighted by atomic mass is 16.5. The predicted molar refractivity (Wildman–Crippen MR) is 99.5 cm³/mol. The molecule has 0 bridgehead atoms. The highest BCUT2D eigenvalue weighted by Gasteiger charge is 2.27. The van der Waals surface area contributed by atoms with Crippen molar-refractivity contribution in [3.63, 3.8) is 0 Å². The van der Waals surface area contributed by atoms with Gasteiger partial charge in [0.15, 0.2) is 0 Å². The molecule has 1 saturated heterocycles. The Bertz CT molecular complexity index is 674. The molecule has 27 heavy (non-hydrogen) atoms. The minimum Gasteiger partial charge on any atom is -0.481 e. The van der Waals surface area contributed by atoms with Crippen LogP contribution in [0.5, 0.6) is 0 Å². The zero-order valence-electron chi connectivity index (χ0n) is 15.4. The van der Waals surface area contributed by atoms with Gasteiger partial charge in [0.05, 0.1) is 12.0 Å². The van der Waals surface area contributed by atoms with Crippen LogP contribution in [-0.4, -0.2) is 53.6 Å². The fourth-order valence-corrected chi connectivity index (χ4v) is 3.65. The van der Waals surface area contributed by atoms with Crippen LogP contribution >= 0.6 is 0 Å². The summed E-state index contributed by atoms with van der Waals surface area (Å²) in [6.07, 6.45) is 5.53. The number of hydrogen-bond donors (Lipinski definition) is 2. The van der Waals surface area contributed by atoms with Crippen LogP contribution in [0, 0.1) is 5.92 Å². The molecule has 0 spiro atoms. The topological polar surface area (TPSA) is 95.9 Å². The number of anilines is 1. The first-order valence-electron chi connectivity index (χ1n) is 9.56. The number of carbonyl (C=O) groups is 3. The van der Waals surface area contributed by atoms with Gasteiger partial charge in [0, 0.05) is 24.3 Å². The van der Waals surface area contributed by atoms with Crippen LogP contribution in [0.2, 0.25) is 0 Å². The van der Waals surface area contributed by atoms with Crippen molar-refractivity contribution >= 4 is 23.5 Å². The largest absolute Gasteiger partial charge is 0.481 e. The number of carbonyl (C=O) groups excluding carboxylic acids is 2. The van der Waals surface area contributed by atoms with E-state index in [4.69, 9.17) is 9.84 Å². The number of piperidine rings is 1. The molecule has 146 valence electrons. The van der Waals surface area contributed by atoms with Gasteiger partial charge in [-0.05, 0) is 49.9 Å². The summed E-state index contributed by atoms with van der Waals surface area (Å²) in [5, 5.41) is 11.8. The fourth-order valence-electron chi connectivity index (χ4n) is 3.65. The fraction of sp³-hybridized carbons (Fsp3) is 0.550. The predicted octanol–water partition coefficient (Wildman–Crippen LogP) is 2.52. The standard InChI is InChI=1S/C20H26N2O5/c23-18(13-27-17-3-1-2-4-17)21-16-7-5-14(6-8-16)19(24)22-11-9-15(10-12-22)20(25)26/h5-8,15,17H,1-4,9-13H2,(H,21,23)(H,25,26). The molecule has 1 aromatic carbocycles. The molecule has 1 aromatic rings. The van der Waals surface area contributed by atoms with Gasteiger partial charge in [0.25, 0.3) is 5.91 Å². The summed E-state index contributed by atoms with van der Waals surface area (Å²) in [6.45, 7) is 0.948. The third-order valence-electron chi connectivity index (χ3n) is 5.30. The van der Waals surface area contributed by atoms with Crippen molar-refractivity contribution in [3.8, 4) is 0 Å². The van der Waals surface area contributed by atoms with Gasteiger partial charge in [-0.2, -0.15) is 0 Å². The number of rotatable bonds is 6. The second-order valence-electron chi connectivity index (χ2n) is 7.25. The van der Waals surface area contributed by atoms with Crippen molar-refractivity contribution in [3.05, 3.63) is 29.8 Å². The van der Waals surface area contributed by atoms with Crippen LogP contribution in [-0.2, 0) is 14.3 Å². The van der Waals surface area contributed by atoms with E-state index in [1.165, 1.54) is 0 Å². The van der Waals surface area contributed by atoms with E-state index in [9.17, 15) is 14.4 Å². The molecule has 3 rings (SSSR count). The Morgan fingerprint density at radius 3 is 2.26 bits per heavy atom. The third-order valence-corrected chi connectivity index (χ3v) is 5.30. The number of nitrogens with zero attached hydrogens (tertiary/aromatic N) is 1. The molecule has 0 unspecified atom stereocenters. The lowest BCUT2D eigenvalue weighted by molar-refractivity contribution is -0.143. The first kappa shape index (κ1) is 19.4. The Balaban J connectivity index is 1.47. The highest BCUT2D eigenvalue weighted by Crippen LogP contribution is 2.21. The molecule has 0 atom stereocenters. The molecule has 2 fully saturated rings. The Kier molecular flexibility index (Phi) is 6.45. The average molecular weight is 374 g/mol. The number of carboxylic acids is 1. The molecular formula is C20H26N2O5. The number of aliphatic carboxylic acids is 1. The van der Waals surface area contributed by atoms with Crippen LogP contribution in [0.15, 0.2) is 24.3 Å². The van der Waals surface area contributed by atoms with Crippen molar-refractivity contribution in [2.45, 2.75) is 44.6 Å². The lowest BCUT2D eigenvalue weighted by Gasteiger charge is -2.30. The minimum atomic E-state index is -0.792. The second kappa shape index (κ2) is 8.99. The number of hydrogen-bond acceptors (Lipinski definition) is 4. The molecule has 7 nitrogen and oxygen atoms in total. The molecule has 2 aliphatic rings. The monoisotopic (exact) mass is 374 g/mol. The van der Waals surface area contributed by atoms with Crippen molar-refractivity contribution in [2.75, 3.05) is 25.0 Å². The van der Waals surface area contributed by atoms with Crippen LogP contribution in [0.4, 0.5) is 5.69 Å². The van der Waals surface area contributed by atoms with E-state index >= 15 is 0 Å². The molecule has 1 heterocycles. The number of benzene rings is 1.